The maximum absolute atomic E-state index is 10.6. The van der Waals surface area contributed by atoms with Gasteiger partial charge in [-0.15, -0.1) is 0 Å². The van der Waals surface area contributed by atoms with Crippen LogP contribution in [-0.4, -0.2) is 35.8 Å². The number of carbonyl (C=O) groups is 1. The van der Waals surface area contributed by atoms with Crippen molar-refractivity contribution in [1.82, 2.24) is 0 Å². The molecule has 0 aromatic carbocycles. The fourth-order valence-electron chi connectivity index (χ4n) is 0.892. The van der Waals surface area contributed by atoms with Crippen molar-refractivity contribution < 1.29 is 14.6 Å². The number of hydrogen-bond acceptors (Lipinski definition) is 3. The first-order chi connectivity index (χ1) is 5.72. The molecule has 0 bridgehead atoms. The number of ether oxygens (including phenoxy) is 1. The highest BCUT2D eigenvalue weighted by Crippen LogP contribution is 2.06. The average molecular weight is 192 g/mol. The Balaban J connectivity index is 3.56. The first kappa shape index (κ1) is 11.8. The molecule has 0 rings (SSSR count). The van der Waals surface area contributed by atoms with Gasteiger partial charge in [0.1, 0.15) is 0 Å². The zero-order valence-electron chi connectivity index (χ0n) is 7.58. The number of rotatable bonds is 7. The van der Waals surface area contributed by atoms with Gasteiger partial charge in [0.2, 0.25) is 0 Å². The summed E-state index contributed by atoms with van der Waals surface area (Å²) in [5.74, 6) is 0.148. The highest BCUT2D eigenvalue weighted by Gasteiger charge is 2.15. The van der Waals surface area contributed by atoms with E-state index in [9.17, 15) is 4.79 Å². The molecule has 0 aliphatic carbocycles. The molecule has 0 saturated heterocycles. The van der Waals surface area contributed by atoms with Crippen molar-refractivity contribution in [2.24, 2.45) is 0 Å². The largest absolute Gasteiger partial charge is 0.479 e. The molecular formula is C8H16O3S. The molecule has 0 aromatic rings. The van der Waals surface area contributed by atoms with Crippen LogP contribution < -0.4 is 0 Å². The first-order valence-electron chi connectivity index (χ1n) is 4.05. The van der Waals surface area contributed by atoms with Crippen LogP contribution in [0.1, 0.15) is 19.8 Å². The lowest BCUT2D eigenvalue weighted by Gasteiger charge is -2.10. The Kier molecular flexibility index (Phi) is 7.29. The topological polar surface area (TPSA) is 46.5 Å². The normalized spacial score (nSPS) is 12.8. The Morgan fingerprint density at radius 3 is 2.75 bits per heavy atom. The molecule has 0 amide bonds. The third-order valence-corrected chi connectivity index (χ3v) is 2.15. The number of aliphatic carboxylic acids is 1. The molecule has 1 unspecified atom stereocenters. The maximum atomic E-state index is 10.6. The highest BCUT2D eigenvalue weighted by atomic mass is 32.2. The zero-order chi connectivity index (χ0) is 9.40. The van der Waals surface area contributed by atoms with E-state index in [0.717, 1.165) is 12.2 Å². The number of hydrogen-bond donors (Lipinski definition) is 1. The van der Waals surface area contributed by atoms with E-state index in [0.29, 0.717) is 13.0 Å². The Morgan fingerprint density at radius 1 is 1.67 bits per heavy atom. The summed E-state index contributed by atoms with van der Waals surface area (Å²) in [7, 11) is 0. The van der Waals surface area contributed by atoms with E-state index in [1.54, 1.807) is 11.8 Å². The van der Waals surface area contributed by atoms with Crippen molar-refractivity contribution in [2.75, 3.05) is 18.6 Å². The fourth-order valence-corrected chi connectivity index (χ4v) is 1.35. The molecule has 0 radical (unpaired) electrons. The molecule has 1 atom stereocenters. The SMILES string of the molecule is CCOC(CCCSC)C(=O)O. The molecular weight excluding hydrogens is 176 g/mol. The van der Waals surface area contributed by atoms with E-state index >= 15 is 0 Å². The Bertz CT molecular complexity index is 127. The molecule has 0 spiro atoms. The van der Waals surface area contributed by atoms with Gasteiger partial charge in [0, 0.05) is 6.61 Å². The molecule has 4 heteroatoms. The number of carboxylic acid groups (broad SMARTS) is 1. The third kappa shape index (κ3) is 5.43. The van der Waals surface area contributed by atoms with Crippen LogP contribution in [0.4, 0.5) is 0 Å². The van der Waals surface area contributed by atoms with E-state index < -0.39 is 12.1 Å². The summed E-state index contributed by atoms with van der Waals surface area (Å²) in [5, 5.41) is 8.67. The third-order valence-electron chi connectivity index (χ3n) is 1.46. The lowest BCUT2D eigenvalue weighted by molar-refractivity contribution is -0.150. The fraction of sp³-hybridized carbons (Fsp3) is 0.875. The molecule has 0 aromatic heterocycles. The van der Waals surface area contributed by atoms with Crippen molar-refractivity contribution in [3.8, 4) is 0 Å². The second kappa shape index (κ2) is 7.43. The monoisotopic (exact) mass is 192 g/mol. The van der Waals surface area contributed by atoms with Crippen LogP contribution in [-0.2, 0) is 9.53 Å². The van der Waals surface area contributed by atoms with E-state index in [-0.39, 0.29) is 0 Å². The van der Waals surface area contributed by atoms with Crippen LogP contribution in [0.2, 0.25) is 0 Å². The van der Waals surface area contributed by atoms with Crippen molar-refractivity contribution in [1.29, 1.82) is 0 Å². The number of thioether (sulfide) groups is 1. The molecule has 0 heterocycles. The van der Waals surface area contributed by atoms with Crippen molar-refractivity contribution in [3.63, 3.8) is 0 Å². The molecule has 0 fully saturated rings. The van der Waals surface area contributed by atoms with Gasteiger partial charge >= 0.3 is 5.97 Å². The Morgan fingerprint density at radius 2 is 2.33 bits per heavy atom. The molecule has 3 nitrogen and oxygen atoms in total. The van der Waals surface area contributed by atoms with Crippen LogP contribution in [0.15, 0.2) is 0 Å². The van der Waals surface area contributed by atoms with E-state index in [1.807, 2.05) is 13.2 Å². The number of carboxylic acids is 1. The molecule has 0 aliphatic rings. The van der Waals surface area contributed by atoms with Crippen LogP contribution in [0.25, 0.3) is 0 Å². The van der Waals surface area contributed by atoms with Gasteiger partial charge < -0.3 is 9.84 Å². The van der Waals surface area contributed by atoms with Gasteiger partial charge in [0.05, 0.1) is 0 Å². The van der Waals surface area contributed by atoms with Gasteiger partial charge in [-0.05, 0) is 31.8 Å². The zero-order valence-corrected chi connectivity index (χ0v) is 8.39. The van der Waals surface area contributed by atoms with Crippen LogP contribution in [0.3, 0.4) is 0 Å². The van der Waals surface area contributed by atoms with Gasteiger partial charge in [0.25, 0.3) is 0 Å². The summed E-state index contributed by atoms with van der Waals surface area (Å²) in [4.78, 5) is 10.6. The quantitative estimate of drug-likeness (QED) is 0.623. The average Bonchev–Trinajstić information content (AvgIpc) is 2.03. The minimum atomic E-state index is -0.849. The molecule has 1 N–H and O–H groups in total. The summed E-state index contributed by atoms with van der Waals surface area (Å²) < 4.78 is 5.04. The maximum Gasteiger partial charge on any atom is 0.332 e. The first-order valence-corrected chi connectivity index (χ1v) is 5.45. The molecule has 72 valence electrons. The predicted octanol–water partition coefficient (Wildman–Crippen LogP) is 1.62. The minimum Gasteiger partial charge on any atom is -0.479 e. The summed E-state index contributed by atoms with van der Waals surface area (Å²) in [6, 6.07) is 0. The van der Waals surface area contributed by atoms with Crippen LogP contribution in [0.5, 0.6) is 0 Å². The van der Waals surface area contributed by atoms with Crippen molar-refractivity contribution in [2.45, 2.75) is 25.9 Å². The van der Waals surface area contributed by atoms with Gasteiger partial charge in [-0.1, -0.05) is 0 Å². The van der Waals surface area contributed by atoms with E-state index in [1.165, 1.54) is 0 Å². The van der Waals surface area contributed by atoms with Gasteiger partial charge in [-0.2, -0.15) is 11.8 Å². The minimum absolute atomic E-state index is 0.468. The van der Waals surface area contributed by atoms with Crippen molar-refractivity contribution in [3.05, 3.63) is 0 Å². The smallest absolute Gasteiger partial charge is 0.332 e. The van der Waals surface area contributed by atoms with Gasteiger partial charge in [-0.3, -0.25) is 0 Å². The summed E-state index contributed by atoms with van der Waals surface area (Å²) in [5.41, 5.74) is 0. The summed E-state index contributed by atoms with van der Waals surface area (Å²) in [6.07, 6.45) is 2.92. The van der Waals surface area contributed by atoms with E-state index in [4.69, 9.17) is 9.84 Å². The van der Waals surface area contributed by atoms with Gasteiger partial charge in [0.15, 0.2) is 6.10 Å². The van der Waals surface area contributed by atoms with Crippen LogP contribution in [0, 0.1) is 0 Å². The highest BCUT2D eigenvalue weighted by molar-refractivity contribution is 7.98. The molecule has 0 saturated carbocycles. The van der Waals surface area contributed by atoms with Crippen molar-refractivity contribution >= 4 is 17.7 Å². The second-order valence-electron chi connectivity index (χ2n) is 2.42. The second-order valence-corrected chi connectivity index (χ2v) is 3.40. The Labute approximate surface area is 77.5 Å². The summed E-state index contributed by atoms with van der Waals surface area (Å²) in [6.45, 7) is 2.28. The standard InChI is InChI=1S/C8H16O3S/c1-3-11-7(8(9)10)5-4-6-12-2/h7H,3-6H2,1-2H3,(H,9,10). The Hall–Kier alpha value is -0.220. The van der Waals surface area contributed by atoms with E-state index in [2.05, 4.69) is 0 Å². The van der Waals surface area contributed by atoms with Crippen LogP contribution >= 0.6 is 11.8 Å². The molecule has 12 heavy (non-hydrogen) atoms. The lowest BCUT2D eigenvalue weighted by atomic mass is 10.2. The predicted molar refractivity (Wildman–Crippen MR) is 50.7 cm³/mol. The van der Waals surface area contributed by atoms with Gasteiger partial charge in [-0.25, -0.2) is 4.79 Å². The lowest BCUT2D eigenvalue weighted by Crippen LogP contribution is -2.23. The molecule has 0 aliphatic heterocycles. The summed E-state index contributed by atoms with van der Waals surface area (Å²) >= 11 is 1.72.